The Balaban J connectivity index is 1.34. The maximum atomic E-state index is 13.4. The third-order valence-corrected chi connectivity index (χ3v) is 10.8. The van der Waals surface area contributed by atoms with Gasteiger partial charge in [0.2, 0.25) is 0 Å². The monoisotopic (exact) mass is 508 g/mol. The van der Waals surface area contributed by atoms with Crippen LogP contribution in [0.4, 0.5) is 0 Å². The van der Waals surface area contributed by atoms with Crippen LogP contribution in [-0.4, -0.2) is 52.0 Å². The van der Waals surface area contributed by atoms with E-state index < -0.39 is 35.6 Å². The Bertz CT molecular complexity index is 1150. The van der Waals surface area contributed by atoms with Gasteiger partial charge in [0.05, 0.1) is 29.8 Å². The van der Waals surface area contributed by atoms with Gasteiger partial charge in [-0.1, -0.05) is 38.2 Å². The molecular weight excluding hydrogens is 468 g/mol. The highest BCUT2D eigenvalue weighted by Gasteiger charge is 2.62. The van der Waals surface area contributed by atoms with E-state index in [0.29, 0.717) is 18.4 Å². The first-order valence-corrected chi connectivity index (χ1v) is 14.0. The number of aliphatic hydroxyl groups is 2. The third kappa shape index (κ3) is 3.70. The van der Waals surface area contributed by atoms with E-state index in [1.807, 2.05) is 13.0 Å². The summed E-state index contributed by atoms with van der Waals surface area (Å²) in [5.74, 6) is -0.606. The van der Waals surface area contributed by atoms with Crippen molar-refractivity contribution in [2.24, 2.45) is 35.0 Å². The number of ether oxygens (including phenoxy) is 2. The molecule has 0 bridgehead atoms. The molecule has 6 rings (SSSR count). The molecule has 4 fully saturated rings. The van der Waals surface area contributed by atoms with Crippen molar-refractivity contribution in [2.45, 2.75) is 96.2 Å². The molecule has 6 nitrogen and oxygen atoms in total. The standard InChI is InChI=1S/C31H40O6/c1-15-7-6-10-30(4)28(37-30)21-14-23(32)20(19(21)9-8-15)12-18-13-22-16(2)11-24-25(17(3)29(35)36-24)27(34)31(22,5)26(18)33/h7,12-13,16,19,21-22,24-28,33-34H,3,6,8-11,14H2,1-2,4-5H3/b15-7+,20-12-/t16-,19?,21?,22+,24?,25?,26?,27+,28-,30-,31+/m1/s1. The van der Waals surface area contributed by atoms with E-state index in [9.17, 15) is 19.8 Å². The second kappa shape index (κ2) is 8.49. The molecule has 0 aromatic carbocycles. The second-order valence-corrected chi connectivity index (χ2v) is 13.1. The first-order valence-electron chi connectivity index (χ1n) is 14.0. The Hall–Kier alpha value is -2.02. The van der Waals surface area contributed by atoms with Gasteiger partial charge in [-0.2, -0.15) is 0 Å². The van der Waals surface area contributed by atoms with Crippen molar-refractivity contribution in [3.8, 4) is 0 Å². The van der Waals surface area contributed by atoms with Gasteiger partial charge in [0.1, 0.15) is 6.10 Å². The van der Waals surface area contributed by atoms with Crippen LogP contribution in [0.5, 0.6) is 0 Å². The zero-order valence-corrected chi connectivity index (χ0v) is 22.4. The summed E-state index contributed by atoms with van der Waals surface area (Å²) < 4.78 is 11.8. The number of fused-ring (bicyclic) bond motifs is 5. The lowest BCUT2D eigenvalue weighted by Crippen LogP contribution is -2.49. The Kier molecular flexibility index (Phi) is 5.80. The summed E-state index contributed by atoms with van der Waals surface area (Å²) in [4.78, 5) is 25.7. The van der Waals surface area contributed by atoms with Crippen molar-refractivity contribution in [2.75, 3.05) is 0 Å². The van der Waals surface area contributed by atoms with Crippen molar-refractivity contribution < 1.29 is 29.3 Å². The number of hydrogen-bond donors (Lipinski definition) is 2. The fraction of sp³-hybridized carbons (Fsp3) is 0.677. The average Bonchev–Trinajstić information content (AvgIpc) is 3.19. The lowest BCUT2D eigenvalue weighted by molar-refractivity contribution is -0.140. The summed E-state index contributed by atoms with van der Waals surface area (Å²) in [6.45, 7) is 12.2. The smallest absolute Gasteiger partial charge is 0.334 e. The highest BCUT2D eigenvalue weighted by Crippen LogP contribution is 2.58. The molecule has 6 aliphatic rings. The SMILES string of the molecule is C=C1C(=O)OC2C[C@@H](C)[C@@H]3C=C(/C=C4\C(=O)CC5C4CC/C(C)=C/CC[C@@]4(C)O[C@H]54)C(O)[C@@]3(C)[C@@H](O)C12. The fourth-order valence-corrected chi connectivity index (χ4v) is 8.47. The number of carbonyl (C=O) groups is 2. The lowest BCUT2D eigenvalue weighted by Gasteiger charge is -2.41. The zero-order chi connectivity index (χ0) is 26.4. The first kappa shape index (κ1) is 25.3. The van der Waals surface area contributed by atoms with Crippen molar-refractivity contribution in [3.05, 3.63) is 47.1 Å². The maximum absolute atomic E-state index is 13.4. The van der Waals surface area contributed by atoms with Gasteiger partial charge >= 0.3 is 5.97 Å². The first-order chi connectivity index (χ1) is 17.5. The summed E-state index contributed by atoms with van der Waals surface area (Å²) in [6, 6.07) is 0. The van der Waals surface area contributed by atoms with Crippen LogP contribution in [-0.2, 0) is 19.1 Å². The average molecular weight is 509 g/mol. The van der Waals surface area contributed by atoms with Gasteiger partial charge in [0, 0.05) is 23.3 Å². The molecule has 2 N–H and O–H groups in total. The quantitative estimate of drug-likeness (QED) is 0.238. The van der Waals surface area contributed by atoms with E-state index >= 15 is 0 Å². The minimum atomic E-state index is -0.984. The van der Waals surface area contributed by atoms with Crippen molar-refractivity contribution in [3.63, 3.8) is 0 Å². The largest absolute Gasteiger partial charge is 0.458 e. The van der Waals surface area contributed by atoms with E-state index in [1.165, 1.54) is 5.57 Å². The van der Waals surface area contributed by atoms with Crippen molar-refractivity contribution in [1.29, 1.82) is 0 Å². The number of aliphatic hydroxyl groups excluding tert-OH is 2. The molecule has 6 heteroatoms. The van der Waals surface area contributed by atoms with Crippen LogP contribution < -0.4 is 0 Å². The number of epoxide rings is 1. The Morgan fingerprint density at radius 3 is 2.73 bits per heavy atom. The van der Waals surface area contributed by atoms with E-state index in [1.54, 1.807) is 0 Å². The van der Waals surface area contributed by atoms with Crippen LogP contribution in [0.15, 0.2) is 47.1 Å². The van der Waals surface area contributed by atoms with Gasteiger partial charge in [0.15, 0.2) is 5.78 Å². The molecule has 0 radical (unpaired) electrons. The Morgan fingerprint density at radius 1 is 1.22 bits per heavy atom. The van der Waals surface area contributed by atoms with Crippen LogP contribution in [0.25, 0.3) is 0 Å². The molecule has 2 saturated heterocycles. The van der Waals surface area contributed by atoms with E-state index in [4.69, 9.17) is 9.47 Å². The van der Waals surface area contributed by atoms with Crippen LogP contribution in [0.2, 0.25) is 0 Å². The van der Waals surface area contributed by atoms with Crippen molar-refractivity contribution in [1.82, 2.24) is 0 Å². The van der Waals surface area contributed by atoms with Gasteiger partial charge in [-0.05, 0) is 80.9 Å². The predicted octanol–water partition coefficient (Wildman–Crippen LogP) is 4.22. The van der Waals surface area contributed by atoms with Gasteiger partial charge in [0.25, 0.3) is 0 Å². The number of allylic oxidation sites excluding steroid dienone is 4. The molecule has 0 aromatic rings. The minimum Gasteiger partial charge on any atom is -0.458 e. The number of rotatable bonds is 1. The summed E-state index contributed by atoms with van der Waals surface area (Å²) >= 11 is 0. The molecular formula is C31H40O6. The Labute approximate surface area is 219 Å². The van der Waals surface area contributed by atoms with E-state index in [-0.39, 0.29) is 46.7 Å². The molecule has 2 saturated carbocycles. The minimum absolute atomic E-state index is 0.0768. The van der Waals surface area contributed by atoms with Crippen LogP contribution in [0.3, 0.4) is 0 Å². The van der Waals surface area contributed by atoms with Gasteiger partial charge in [-0.25, -0.2) is 4.79 Å². The topological polar surface area (TPSA) is 96.4 Å². The number of Topliss-reactive ketones (excluding diaryl/α,β-unsaturated/α-hetero) is 1. The highest BCUT2D eigenvalue weighted by molar-refractivity contribution is 5.99. The van der Waals surface area contributed by atoms with E-state index in [2.05, 4.69) is 39.5 Å². The normalized spacial score (nSPS) is 51.8. The van der Waals surface area contributed by atoms with Crippen molar-refractivity contribution >= 4 is 11.8 Å². The van der Waals surface area contributed by atoms with Gasteiger partial charge in [-0.15, -0.1) is 0 Å². The van der Waals surface area contributed by atoms with Crippen LogP contribution in [0.1, 0.15) is 66.2 Å². The number of carbonyl (C=O) groups excluding carboxylic acids is 2. The molecule has 0 spiro atoms. The molecule has 11 atom stereocenters. The molecule has 4 aliphatic carbocycles. The van der Waals surface area contributed by atoms with E-state index in [0.717, 1.165) is 31.3 Å². The maximum Gasteiger partial charge on any atom is 0.334 e. The highest BCUT2D eigenvalue weighted by atomic mass is 16.6. The fourth-order valence-electron chi connectivity index (χ4n) is 8.47. The summed E-state index contributed by atoms with van der Waals surface area (Å²) in [5.41, 5.74) is 2.09. The molecule has 200 valence electrons. The number of hydrogen-bond acceptors (Lipinski definition) is 6. The summed E-state index contributed by atoms with van der Waals surface area (Å²) in [7, 11) is 0. The zero-order valence-electron chi connectivity index (χ0n) is 22.4. The third-order valence-electron chi connectivity index (χ3n) is 10.8. The van der Waals surface area contributed by atoms with Crippen LogP contribution >= 0.6 is 0 Å². The molecule has 2 heterocycles. The van der Waals surface area contributed by atoms with Gasteiger partial charge < -0.3 is 19.7 Å². The Morgan fingerprint density at radius 2 is 1.97 bits per heavy atom. The summed E-state index contributed by atoms with van der Waals surface area (Å²) in [5, 5.41) is 23.3. The number of esters is 1. The number of ketones is 1. The predicted molar refractivity (Wildman–Crippen MR) is 138 cm³/mol. The molecule has 2 aliphatic heterocycles. The second-order valence-electron chi connectivity index (χ2n) is 13.1. The lowest BCUT2D eigenvalue weighted by atomic mass is 9.66. The molecule has 5 unspecified atom stereocenters. The molecule has 0 aromatic heterocycles. The molecule has 37 heavy (non-hydrogen) atoms. The molecule has 0 amide bonds. The van der Waals surface area contributed by atoms with Crippen LogP contribution in [0, 0.1) is 35.0 Å². The van der Waals surface area contributed by atoms with Gasteiger partial charge in [-0.3, -0.25) is 4.79 Å². The summed E-state index contributed by atoms with van der Waals surface area (Å²) in [6.07, 6.45) is 8.99.